The summed E-state index contributed by atoms with van der Waals surface area (Å²) in [6.07, 6.45) is 0.244. The van der Waals surface area contributed by atoms with Crippen LogP contribution in [0, 0.1) is 5.82 Å². The molecule has 0 bridgehead atoms. The minimum Gasteiger partial charge on any atom is -0.426 e. The van der Waals surface area contributed by atoms with E-state index < -0.39 is 11.8 Å². The molecule has 1 aromatic carbocycles. The zero-order valence-electron chi connectivity index (χ0n) is 7.01. The monoisotopic (exact) mass is 202 g/mol. The Balaban J connectivity index is 2.83. The standard InChI is InChI=1S/C9H8ClFO2/c1-2-9(12)13-8-4-6(10)3-7(11)5-8/h3-5H,2H2,1H3. The fraction of sp³-hybridized carbons (Fsp3) is 0.222. The van der Waals surface area contributed by atoms with Crippen LogP contribution >= 0.6 is 11.6 Å². The number of hydrogen-bond donors (Lipinski definition) is 0. The first-order valence-corrected chi connectivity index (χ1v) is 4.16. The van der Waals surface area contributed by atoms with Crippen LogP contribution < -0.4 is 4.74 Å². The zero-order chi connectivity index (χ0) is 9.84. The highest BCUT2D eigenvalue weighted by Crippen LogP contribution is 2.20. The second-order valence-corrected chi connectivity index (χ2v) is 2.87. The Morgan fingerprint density at radius 2 is 2.23 bits per heavy atom. The third-order valence-corrected chi connectivity index (χ3v) is 1.57. The van der Waals surface area contributed by atoms with Gasteiger partial charge in [0.2, 0.25) is 0 Å². The first kappa shape index (κ1) is 9.99. The molecule has 0 heterocycles. The Bertz CT molecular complexity index is 305. The molecular formula is C9H8ClFO2. The Morgan fingerprint density at radius 1 is 1.54 bits per heavy atom. The molecule has 2 nitrogen and oxygen atoms in total. The summed E-state index contributed by atoms with van der Waals surface area (Å²) < 4.78 is 17.5. The third kappa shape index (κ3) is 3.03. The van der Waals surface area contributed by atoms with Gasteiger partial charge in [-0.05, 0) is 12.1 Å². The van der Waals surface area contributed by atoms with Crippen LogP contribution in [0.5, 0.6) is 5.75 Å². The maximum absolute atomic E-state index is 12.7. The molecule has 0 aliphatic rings. The molecule has 0 N–H and O–H groups in total. The number of hydrogen-bond acceptors (Lipinski definition) is 2. The van der Waals surface area contributed by atoms with Crippen LogP contribution in [0.2, 0.25) is 5.02 Å². The summed E-state index contributed by atoms with van der Waals surface area (Å²) in [5.74, 6) is -0.801. The number of ether oxygens (including phenoxy) is 1. The molecule has 0 saturated carbocycles. The molecule has 70 valence electrons. The van der Waals surface area contributed by atoms with Gasteiger partial charge in [-0.1, -0.05) is 18.5 Å². The van der Waals surface area contributed by atoms with Crippen LogP contribution in [-0.4, -0.2) is 5.97 Å². The molecule has 0 fully saturated rings. The number of benzene rings is 1. The van der Waals surface area contributed by atoms with Crippen molar-refractivity contribution in [2.75, 3.05) is 0 Å². The van der Waals surface area contributed by atoms with Crippen LogP contribution in [0.1, 0.15) is 13.3 Å². The van der Waals surface area contributed by atoms with Crippen molar-refractivity contribution in [1.82, 2.24) is 0 Å². The van der Waals surface area contributed by atoms with Crippen LogP contribution in [-0.2, 0) is 4.79 Å². The minimum atomic E-state index is -0.522. The largest absolute Gasteiger partial charge is 0.426 e. The van der Waals surface area contributed by atoms with E-state index in [-0.39, 0.29) is 17.2 Å². The zero-order valence-corrected chi connectivity index (χ0v) is 7.77. The molecule has 0 amide bonds. The highest BCUT2D eigenvalue weighted by Gasteiger charge is 2.04. The van der Waals surface area contributed by atoms with E-state index in [9.17, 15) is 9.18 Å². The maximum atomic E-state index is 12.7. The first-order valence-electron chi connectivity index (χ1n) is 3.78. The lowest BCUT2D eigenvalue weighted by molar-refractivity contribution is -0.134. The molecule has 0 atom stereocenters. The maximum Gasteiger partial charge on any atom is 0.310 e. The molecule has 4 heteroatoms. The normalized spacial score (nSPS) is 9.77. The van der Waals surface area contributed by atoms with E-state index in [4.69, 9.17) is 16.3 Å². The fourth-order valence-corrected chi connectivity index (χ4v) is 1.00. The number of rotatable bonds is 2. The van der Waals surface area contributed by atoms with Gasteiger partial charge >= 0.3 is 5.97 Å². The molecule has 0 spiro atoms. The Morgan fingerprint density at radius 3 is 2.77 bits per heavy atom. The average molecular weight is 203 g/mol. The Hall–Kier alpha value is -1.09. The number of esters is 1. The van der Waals surface area contributed by atoms with E-state index in [1.54, 1.807) is 6.92 Å². The third-order valence-electron chi connectivity index (χ3n) is 1.36. The Labute approximate surface area is 80.3 Å². The van der Waals surface area contributed by atoms with E-state index >= 15 is 0 Å². The topological polar surface area (TPSA) is 26.3 Å². The van der Waals surface area contributed by atoms with E-state index in [2.05, 4.69) is 0 Å². The van der Waals surface area contributed by atoms with Gasteiger partial charge in [-0.25, -0.2) is 4.39 Å². The summed E-state index contributed by atoms with van der Waals surface area (Å²) in [6, 6.07) is 3.64. The molecule has 1 aromatic rings. The average Bonchev–Trinajstić information content (AvgIpc) is 2.02. The van der Waals surface area contributed by atoms with Crippen molar-refractivity contribution in [3.05, 3.63) is 29.0 Å². The van der Waals surface area contributed by atoms with Gasteiger partial charge in [0, 0.05) is 17.5 Å². The fourth-order valence-electron chi connectivity index (χ4n) is 0.791. The lowest BCUT2D eigenvalue weighted by atomic mass is 10.3. The van der Waals surface area contributed by atoms with Crippen LogP contribution in [0.4, 0.5) is 4.39 Å². The number of carbonyl (C=O) groups is 1. The van der Waals surface area contributed by atoms with Crippen LogP contribution in [0.3, 0.4) is 0 Å². The van der Waals surface area contributed by atoms with E-state index in [1.165, 1.54) is 6.07 Å². The van der Waals surface area contributed by atoms with Crippen LogP contribution in [0.15, 0.2) is 18.2 Å². The molecular weight excluding hydrogens is 195 g/mol. The summed E-state index contributed by atoms with van der Waals surface area (Å²) in [4.78, 5) is 10.8. The molecule has 0 aromatic heterocycles. The van der Waals surface area contributed by atoms with Gasteiger partial charge in [0.1, 0.15) is 11.6 Å². The van der Waals surface area contributed by atoms with Gasteiger partial charge in [-0.2, -0.15) is 0 Å². The quantitative estimate of drug-likeness (QED) is 0.545. The lowest BCUT2D eigenvalue weighted by Gasteiger charge is -2.02. The van der Waals surface area contributed by atoms with Gasteiger partial charge in [-0.3, -0.25) is 4.79 Å². The number of carbonyl (C=O) groups excluding carboxylic acids is 1. The smallest absolute Gasteiger partial charge is 0.310 e. The molecule has 13 heavy (non-hydrogen) atoms. The van der Waals surface area contributed by atoms with Gasteiger partial charge in [0.25, 0.3) is 0 Å². The van der Waals surface area contributed by atoms with Gasteiger partial charge in [0.05, 0.1) is 0 Å². The van der Waals surface area contributed by atoms with E-state index in [0.29, 0.717) is 0 Å². The second-order valence-electron chi connectivity index (χ2n) is 2.43. The highest BCUT2D eigenvalue weighted by atomic mass is 35.5. The molecule has 0 aliphatic heterocycles. The van der Waals surface area contributed by atoms with Crippen LogP contribution in [0.25, 0.3) is 0 Å². The predicted octanol–water partition coefficient (Wildman–Crippen LogP) is 2.79. The van der Waals surface area contributed by atoms with Crippen molar-refractivity contribution in [3.8, 4) is 5.75 Å². The van der Waals surface area contributed by atoms with Crippen molar-refractivity contribution >= 4 is 17.6 Å². The van der Waals surface area contributed by atoms with Gasteiger partial charge in [-0.15, -0.1) is 0 Å². The summed E-state index contributed by atoms with van der Waals surface area (Å²) >= 11 is 5.55. The van der Waals surface area contributed by atoms with Crippen molar-refractivity contribution in [1.29, 1.82) is 0 Å². The van der Waals surface area contributed by atoms with Crippen molar-refractivity contribution in [3.63, 3.8) is 0 Å². The molecule has 0 radical (unpaired) electrons. The predicted molar refractivity (Wildman–Crippen MR) is 47.3 cm³/mol. The van der Waals surface area contributed by atoms with Gasteiger partial charge in [0.15, 0.2) is 0 Å². The number of halogens is 2. The summed E-state index contributed by atoms with van der Waals surface area (Å²) in [5, 5.41) is 0.207. The Kier molecular flexibility index (Phi) is 3.25. The highest BCUT2D eigenvalue weighted by molar-refractivity contribution is 6.30. The summed E-state index contributed by atoms with van der Waals surface area (Å²) in [5.41, 5.74) is 0. The summed E-state index contributed by atoms with van der Waals surface area (Å²) in [7, 11) is 0. The van der Waals surface area contributed by atoms with E-state index in [1.807, 2.05) is 0 Å². The lowest BCUT2D eigenvalue weighted by Crippen LogP contribution is -2.05. The van der Waals surface area contributed by atoms with Crippen molar-refractivity contribution in [2.45, 2.75) is 13.3 Å². The minimum absolute atomic E-state index is 0.136. The van der Waals surface area contributed by atoms with E-state index in [0.717, 1.165) is 12.1 Å². The molecule has 0 aliphatic carbocycles. The first-order chi connectivity index (χ1) is 6.11. The van der Waals surface area contributed by atoms with Crippen molar-refractivity contribution in [2.24, 2.45) is 0 Å². The SMILES string of the molecule is CCC(=O)Oc1cc(F)cc(Cl)c1. The second kappa shape index (κ2) is 4.23. The van der Waals surface area contributed by atoms with Crippen molar-refractivity contribution < 1.29 is 13.9 Å². The summed E-state index contributed by atoms with van der Waals surface area (Å²) in [6.45, 7) is 1.66. The molecule has 0 saturated heterocycles. The molecule has 1 rings (SSSR count). The van der Waals surface area contributed by atoms with Gasteiger partial charge < -0.3 is 4.74 Å². The molecule has 0 unspecified atom stereocenters.